The summed E-state index contributed by atoms with van der Waals surface area (Å²) in [5.74, 6) is 0. The van der Waals surface area contributed by atoms with Crippen LogP contribution >= 0.6 is 15.9 Å². The fraction of sp³-hybridized carbons (Fsp3) is 0.538. The zero-order chi connectivity index (χ0) is 11.6. The molecule has 2 nitrogen and oxygen atoms in total. The third-order valence-electron chi connectivity index (χ3n) is 3.09. The van der Waals surface area contributed by atoms with Crippen molar-refractivity contribution in [2.24, 2.45) is 0 Å². The molecular formula is C13H19BrN2. The van der Waals surface area contributed by atoms with Gasteiger partial charge in [-0.1, -0.05) is 28.1 Å². The summed E-state index contributed by atoms with van der Waals surface area (Å²) in [6, 6.07) is 9.09. The first-order valence-corrected chi connectivity index (χ1v) is 6.57. The van der Waals surface area contributed by atoms with E-state index >= 15 is 0 Å². The van der Waals surface area contributed by atoms with Crippen molar-refractivity contribution in [2.75, 3.05) is 6.54 Å². The van der Waals surface area contributed by atoms with Crippen molar-refractivity contribution in [3.63, 3.8) is 0 Å². The maximum absolute atomic E-state index is 3.60. The van der Waals surface area contributed by atoms with Gasteiger partial charge < -0.3 is 10.6 Å². The van der Waals surface area contributed by atoms with Crippen LogP contribution in [0, 0.1) is 0 Å². The Hall–Kier alpha value is -0.380. The van der Waals surface area contributed by atoms with Gasteiger partial charge >= 0.3 is 0 Å². The molecule has 1 aliphatic heterocycles. The van der Waals surface area contributed by atoms with Gasteiger partial charge in [-0.15, -0.1) is 0 Å². The van der Waals surface area contributed by atoms with E-state index in [9.17, 15) is 0 Å². The smallest absolute Gasteiger partial charge is 0.0213 e. The molecule has 0 spiro atoms. The molecule has 1 unspecified atom stereocenters. The van der Waals surface area contributed by atoms with Gasteiger partial charge in [-0.05, 0) is 38.0 Å². The number of hydrogen-bond acceptors (Lipinski definition) is 2. The Morgan fingerprint density at radius 1 is 1.38 bits per heavy atom. The lowest BCUT2D eigenvalue weighted by molar-refractivity contribution is 0.442. The molecule has 1 aromatic rings. The molecule has 1 aliphatic rings. The topological polar surface area (TPSA) is 24.1 Å². The molecular weight excluding hydrogens is 264 g/mol. The molecule has 0 aromatic heterocycles. The van der Waals surface area contributed by atoms with Crippen LogP contribution < -0.4 is 10.6 Å². The van der Waals surface area contributed by atoms with Gasteiger partial charge in [0.25, 0.3) is 0 Å². The fourth-order valence-electron chi connectivity index (χ4n) is 2.17. The van der Waals surface area contributed by atoms with E-state index in [0.717, 1.165) is 17.6 Å². The quantitative estimate of drug-likeness (QED) is 0.891. The molecule has 2 N–H and O–H groups in total. The molecule has 1 heterocycles. The molecule has 1 saturated heterocycles. The van der Waals surface area contributed by atoms with Crippen molar-refractivity contribution in [3.8, 4) is 0 Å². The highest BCUT2D eigenvalue weighted by molar-refractivity contribution is 9.10. The van der Waals surface area contributed by atoms with Gasteiger partial charge in [-0.2, -0.15) is 0 Å². The molecule has 0 saturated carbocycles. The van der Waals surface area contributed by atoms with Crippen LogP contribution in [0.15, 0.2) is 28.7 Å². The lowest BCUT2D eigenvalue weighted by Gasteiger charge is -2.17. The molecule has 1 fully saturated rings. The predicted molar refractivity (Wildman–Crippen MR) is 71.5 cm³/mol. The largest absolute Gasteiger partial charge is 0.310 e. The Labute approximate surface area is 106 Å². The minimum absolute atomic E-state index is 0.289. The number of nitrogens with one attached hydrogen (secondary N) is 2. The molecule has 1 aromatic carbocycles. The van der Waals surface area contributed by atoms with E-state index in [2.05, 4.69) is 64.7 Å². The summed E-state index contributed by atoms with van der Waals surface area (Å²) in [6.07, 6.45) is 1.20. The van der Waals surface area contributed by atoms with E-state index in [1.807, 2.05) is 0 Å². The average Bonchev–Trinajstić information content (AvgIpc) is 2.58. The van der Waals surface area contributed by atoms with Crippen molar-refractivity contribution in [3.05, 3.63) is 34.3 Å². The van der Waals surface area contributed by atoms with Crippen LogP contribution in [0.25, 0.3) is 0 Å². The molecule has 2 rings (SSSR count). The summed E-state index contributed by atoms with van der Waals surface area (Å²) in [4.78, 5) is 0. The second-order valence-electron chi connectivity index (χ2n) is 5.17. The molecule has 0 amide bonds. The second-order valence-corrected chi connectivity index (χ2v) is 6.09. The monoisotopic (exact) mass is 282 g/mol. The third-order valence-corrected chi connectivity index (χ3v) is 3.62. The van der Waals surface area contributed by atoms with Gasteiger partial charge in [-0.3, -0.25) is 0 Å². The SMILES string of the molecule is CC1(C)CC(NCc2ccc(Br)cc2)CN1. The van der Waals surface area contributed by atoms with E-state index in [1.165, 1.54) is 12.0 Å². The predicted octanol–water partition coefficient (Wildman–Crippen LogP) is 2.68. The molecule has 1 atom stereocenters. The van der Waals surface area contributed by atoms with Gasteiger partial charge in [-0.25, -0.2) is 0 Å². The molecule has 88 valence electrons. The standard InChI is InChI=1S/C13H19BrN2/c1-13(2)7-12(9-16-13)15-8-10-3-5-11(14)6-4-10/h3-6,12,15-16H,7-9H2,1-2H3. The number of rotatable bonds is 3. The first kappa shape index (κ1) is 12.1. The van der Waals surface area contributed by atoms with Crippen LogP contribution in [-0.4, -0.2) is 18.1 Å². The van der Waals surface area contributed by atoms with Crippen LogP contribution in [0.4, 0.5) is 0 Å². The molecule has 16 heavy (non-hydrogen) atoms. The minimum atomic E-state index is 0.289. The maximum atomic E-state index is 3.60. The normalized spacial score (nSPS) is 23.6. The van der Waals surface area contributed by atoms with Crippen molar-refractivity contribution in [1.29, 1.82) is 0 Å². The first-order valence-electron chi connectivity index (χ1n) is 5.78. The second kappa shape index (κ2) is 4.86. The molecule has 3 heteroatoms. The Bertz CT molecular complexity index is 345. The maximum Gasteiger partial charge on any atom is 0.0213 e. The van der Waals surface area contributed by atoms with Crippen LogP contribution in [0.5, 0.6) is 0 Å². The zero-order valence-electron chi connectivity index (χ0n) is 9.89. The Balaban J connectivity index is 1.82. The van der Waals surface area contributed by atoms with Crippen molar-refractivity contribution < 1.29 is 0 Å². The molecule has 0 radical (unpaired) electrons. The summed E-state index contributed by atoms with van der Waals surface area (Å²) >= 11 is 3.45. The summed E-state index contributed by atoms with van der Waals surface area (Å²) in [5, 5.41) is 7.12. The van der Waals surface area contributed by atoms with E-state index in [-0.39, 0.29) is 5.54 Å². The van der Waals surface area contributed by atoms with Crippen LogP contribution in [0.1, 0.15) is 25.8 Å². The van der Waals surface area contributed by atoms with E-state index in [0.29, 0.717) is 6.04 Å². The van der Waals surface area contributed by atoms with Gasteiger partial charge in [0.2, 0.25) is 0 Å². The van der Waals surface area contributed by atoms with Crippen LogP contribution in [0.3, 0.4) is 0 Å². The van der Waals surface area contributed by atoms with Gasteiger partial charge in [0.1, 0.15) is 0 Å². The van der Waals surface area contributed by atoms with Gasteiger partial charge in [0.15, 0.2) is 0 Å². The van der Waals surface area contributed by atoms with Gasteiger partial charge in [0.05, 0.1) is 0 Å². The van der Waals surface area contributed by atoms with E-state index < -0.39 is 0 Å². The Morgan fingerprint density at radius 3 is 2.62 bits per heavy atom. The van der Waals surface area contributed by atoms with Crippen LogP contribution in [-0.2, 0) is 6.54 Å². The Kier molecular flexibility index (Phi) is 3.67. The number of hydrogen-bond donors (Lipinski definition) is 2. The zero-order valence-corrected chi connectivity index (χ0v) is 11.5. The van der Waals surface area contributed by atoms with Crippen molar-refractivity contribution in [2.45, 2.75) is 38.4 Å². The molecule has 0 aliphatic carbocycles. The van der Waals surface area contributed by atoms with Gasteiger partial charge in [0, 0.05) is 29.1 Å². The van der Waals surface area contributed by atoms with Crippen molar-refractivity contribution in [1.82, 2.24) is 10.6 Å². The summed E-state index contributed by atoms with van der Waals surface area (Å²) < 4.78 is 1.14. The van der Waals surface area contributed by atoms with Crippen LogP contribution in [0.2, 0.25) is 0 Å². The fourth-order valence-corrected chi connectivity index (χ4v) is 2.43. The highest BCUT2D eigenvalue weighted by Gasteiger charge is 2.29. The lowest BCUT2D eigenvalue weighted by atomic mass is 10.0. The van der Waals surface area contributed by atoms with Crippen molar-refractivity contribution >= 4 is 15.9 Å². The summed E-state index contributed by atoms with van der Waals surface area (Å²) in [5.41, 5.74) is 1.63. The summed E-state index contributed by atoms with van der Waals surface area (Å²) in [7, 11) is 0. The highest BCUT2D eigenvalue weighted by atomic mass is 79.9. The van der Waals surface area contributed by atoms with E-state index in [1.54, 1.807) is 0 Å². The first-order chi connectivity index (χ1) is 7.55. The van der Waals surface area contributed by atoms with E-state index in [4.69, 9.17) is 0 Å². The number of benzene rings is 1. The minimum Gasteiger partial charge on any atom is -0.310 e. The average molecular weight is 283 g/mol. The lowest BCUT2D eigenvalue weighted by Crippen LogP contribution is -2.31. The third kappa shape index (κ3) is 3.30. The summed E-state index contributed by atoms with van der Waals surface area (Å²) in [6.45, 7) is 6.54. The highest BCUT2D eigenvalue weighted by Crippen LogP contribution is 2.18. The molecule has 0 bridgehead atoms. The Morgan fingerprint density at radius 2 is 2.06 bits per heavy atom. The number of halogens is 1.